The highest BCUT2D eigenvalue weighted by molar-refractivity contribution is 5.93. The highest BCUT2D eigenvalue weighted by Gasteiger charge is 2.23. The summed E-state index contributed by atoms with van der Waals surface area (Å²) in [5.74, 6) is 0.124. The molecule has 116 valence electrons. The van der Waals surface area contributed by atoms with Crippen LogP contribution in [0.5, 0.6) is 0 Å². The molecule has 1 atom stereocenters. The van der Waals surface area contributed by atoms with Gasteiger partial charge in [0, 0.05) is 11.7 Å². The molecule has 0 bridgehead atoms. The molecule has 0 aromatic heterocycles. The average Bonchev–Trinajstić information content (AvgIpc) is 2.49. The van der Waals surface area contributed by atoms with Gasteiger partial charge in [-0.1, -0.05) is 38.5 Å². The first-order valence-electron chi connectivity index (χ1n) is 8.28. The second-order valence-corrected chi connectivity index (χ2v) is 6.04. The number of hydrogen-bond donors (Lipinski definition) is 1. The maximum atomic E-state index is 12.4. The topological polar surface area (TPSA) is 32.3 Å². The molecule has 1 heterocycles. The van der Waals surface area contributed by atoms with Crippen LogP contribution in [0.2, 0.25) is 0 Å². The van der Waals surface area contributed by atoms with Gasteiger partial charge in [-0.15, -0.1) is 0 Å². The molecule has 1 unspecified atom stereocenters. The first kappa shape index (κ1) is 16.0. The number of piperidine rings is 1. The standard InChI is InChI=1S/C18H28N2O/c1-4-15-10-8-9-14(3)18(15)19-17(21)13-20-12-7-6-11-16(20)5-2/h8-10,16H,4-7,11-13H2,1-3H3,(H,19,21). The Balaban J connectivity index is 2.01. The second kappa shape index (κ2) is 7.60. The summed E-state index contributed by atoms with van der Waals surface area (Å²) in [7, 11) is 0. The molecular weight excluding hydrogens is 260 g/mol. The Hall–Kier alpha value is -1.35. The summed E-state index contributed by atoms with van der Waals surface area (Å²) < 4.78 is 0. The van der Waals surface area contributed by atoms with E-state index in [1.807, 2.05) is 0 Å². The molecule has 1 aromatic rings. The van der Waals surface area contributed by atoms with E-state index in [9.17, 15) is 4.79 Å². The van der Waals surface area contributed by atoms with Crippen molar-refractivity contribution in [2.24, 2.45) is 0 Å². The van der Waals surface area contributed by atoms with E-state index in [2.05, 4.69) is 49.2 Å². The zero-order chi connectivity index (χ0) is 15.2. The van der Waals surface area contributed by atoms with E-state index in [-0.39, 0.29) is 5.91 Å². The molecule has 1 N–H and O–H groups in total. The first-order valence-corrected chi connectivity index (χ1v) is 8.28. The fourth-order valence-electron chi connectivity index (χ4n) is 3.30. The summed E-state index contributed by atoms with van der Waals surface area (Å²) in [6.07, 6.45) is 5.83. The fourth-order valence-corrected chi connectivity index (χ4v) is 3.30. The van der Waals surface area contributed by atoms with E-state index >= 15 is 0 Å². The summed E-state index contributed by atoms with van der Waals surface area (Å²) in [6, 6.07) is 6.79. The Labute approximate surface area is 128 Å². The number of likely N-dealkylation sites (tertiary alicyclic amines) is 1. The summed E-state index contributed by atoms with van der Waals surface area (Å²) >= 11 is 0. The molecule has 3 heteroatoms. The lowest BCUT2D eigenvalue weighted by molar-refractivity contribution is -0.118. The van der Waals surface area contributed by atoms with Crippen LogP contribution in [0, 0.1) is 6.92 Å². The van der Waals surface area contributed by atoms with Gasteiger partial charge in [-0.05, 0) is 50.3 Å². The van der Waals surface area contributed by atoms with E-state index in [1.165, 1.54) is 24.8 Å². The van der Waals surface area contributed by atoms with E-state index in [0.717, 1.165) is 30.6 Å². The number of para-hydroxylation sites is 1. The molecule has 21 heavy (non-hydrogen) atoms. The number of benzene rings is 1. The maximum Gasteiger partial charge on any atom is 0.238 e. The third-order valence-corrected chi connectivity index (χ3v) is 4.57. The number of hydrogen-bond acceptors (Lipinski definition) is 2. The van der Waals surface area contributed by atoms with E-state index in [4.69, 9.17) is 0 Å². The minimum absolute atomic E-state index is 0.124. The second-order valence-electron chi connectivity index (χ2n) is 6.04. The third kappa shape index (κ3) is 4.07. The van der Waals surface area contributed by atoms with Crippen molar-refractivity contribution in [2.75, 3.05) is 18.4 Å². The smallest absolute Gasteiger partial charge is 0.238 e. The molecular formula is C18H28N2O. The van der Waals surface area contributed by atoms with Crippen LogP contribution in [-0.2, 0) is 11.2 Å². The number of anilines is 1. The zero-order valence-electron chi connectivity index (χ0n) is 13.6. The van der Waals surface area contributed by atoms with Gasteiger partial charge >= 0.3 is 0 Å². The van der Waals surface area contributed by atoms with Crippen molar-refractivity contribution < 1.29 is 4.79 Å². The predicted octanol–water partition coefficient (Wildman–Crippen LogP) is 3.76. The van der Waals surface area contributed by atoms with Crippen LogP contribution in [0.1, 0.15) is 50.7 Å². The highest BCUT2D eigenvalue weighted by atomic mass is 16.2. The molecule has 0 radical (unpaired) electrons. The molecule has 0 aliphatic carbocycles. The van der Waals surface area contributed by atoms with Crippen LogP contribution in [0.4, 0.5) is 5.69 Å². The number of amides is 1. The van der Waals surface area contributed by atoms with Gasteiger partial charge < -0.3 is 5.32 Å². The molecule has 1 aliphatic heterocycles. The maximum absolute atomic E-state index is 12.4. The molecule has 1 aliphatic rings. The summed E-state index contributed by atoms with van der Waals surface area (Å²) in [4.78, 5) is 14.8. The van der Waals surface area contributed by atoms with E-state index in [0.29, 0.717) is 12.6 Å². The van der Waals surface area contributed by atoms with Crippen molar-refractivity contribution in [3.05, 3.63) is 29.3 Å². The minimum atomic E-state index is 0.124. The van der Waals surface area contributed by atoms with Crippen LogP contribution in [-0.4, -0.2) is 29.9 Å². The molecule has 2 rings (SSSR count). The van der Waals surface area contributed by atoms with Crippen molar-refractivity contribution in [2.45, 2.75) is 58.9 Å². The Kier molecular flexibility index (Phi) is 5.80. The van der Waals surface area contributed by atoms with Gasteiger partial charge in [0.25, 0.3) is 0 Å². The Morgan fingerprint density at radius 2 is 2.14 bits per heavy atom. The molecule has 1 amide bonds. The fraction of sp³-hybridized carbons (Fsp3) is 0.611. The Bertz CT molecular complexity index is 484. The van der Waals surface area contributed by atoms with Gasteiger partial charge in [0.2, 0.25) is 5.91 Å². The predicted molar refractivity (Wildman–Crippen MR) is 88.7 cm³/mol. The van der Waals surface area contributed by atoms with Crippen LogP contribution in [0.15, 0.2) is 18.2 Å². The van der Waals surface area contributed by atoms with Gasteiger partial charge in [-0.3, -0.25) is 9.69 Å². The van der Waals surface area contributed by atoms with Gasteiger partial charge in [-0.25, -0.2) is 0 Å². The van der Waals surface area contributed by atoms with Gasteiger partial charge in [-0.2, -0.15) is 0 Å². The van der Waals surface area contributed by atoms with Gasteiger partial charge in [0.15, 0.2) is 0 Å². The highest BCUT2D eigenvalue weighted by Crippen LogP contribution is 2.22. The van der Waals surface area contributed by atoms with Crippen LogP contribution >= 0.6 is 0 Å². The van der Waals surface area contributed by atoms with Crippen molar-refractivity contribution in [3.8, 4) is 0 Å². The molecule has 0 spiro atoms. The largest absolute Gasteiger partial charge is 0.324 e. The number of nitrogens with one attached hydrogen (secondary N) is 1. The summed E-state index contributed by atoms with van der Waals surface area (Å²) in [5, 5.41) is 3.14. The molecule has 1 aromatic carbocycles. The summed E-state index contributed by atoms with van der Waals surface area (Å²) in [5.41, 5.74) is 3.37. The van der Waals surface area contributed by atoms with Crippen molar-refractivity contribution in [1.29, 1.82) is 0 Å². The lowest BCUT2D eigenvalue weighted by Gasteiger charge is -2.34. The SMILES string of the molecule is CCc1cccc(C)c1NC(=O)CN1CCCCC1CC. The molecule has 3 nitrogen and oxygen atoms in total. The molecule has 1 saturated heterocycles. The quantitative estimate of drug-likeness (QED) is 0.894. The number of rotatable bonds is 5. The van der Waals surface area contributed by atoms with Crippen molar-refractivity contribution >= 4 is 11.6 Å². The minimum Gasteiger partial charge on any atom is -0.324 e. The Morgan fingerprint density at radius 1 is 1.33 bits per heavy atom. The number of carbonyl (C=O) groups is 1. The Morgan fingerprint density at radius 3 is 2.86 bits per heavy atom. The lowest BCUT2D eigenvalue weighted by Crippen LogP contribution is -2.43. The van der Waals surface area contributed by atoms with Gasteiger partial charge in [0.05, 0.1) is 6.54 Å². The van der Waals surface area contributed by atoms with E-state index in [1.54, 1.807) is 0 Å². The van der Waals surface area contributed by atoms with Crippen molar-refractivity contribution in [3.63, 3.8) is 0 Å². The zero-order valence-corrected chi connectivity index (χ0v) is 13.6. The van der Waals surface area contributed by atoms with Crippen molar-refractivity contribution in [1.82, 2.24) is 4.90 Å². The van der Waals surface area contributed by atoms with Crippen LogP contribution < -0.4 is 5.32 Å². The lowest BCUT2D eigenvalue weighted by atomic mass is 10.00. The number of aryl methyl sites for hydroxylation is 2. The average molecular weight is 288 g/mol. The van der Waals surface area contributed by atoms with Crippen LogP contribution in [0.25, 0.3) is 0 Å². The van der Waals surface area contributed by atoms with Gasteiger partial charge in [0.1, 0.15) is 0 Å². The number of carbonyl (C=O) groups excluding carboxylic acids is 1. The molecule has 1 fully saturated rings. The number of nitrogens with zero attached hydrogens (tertiary/aromatic N) is 1. The van der Waals surface area contributed by atoms with E-state index < -0.39 is 0 Å². The normalized spacial score (nSPS) is 19.5. The monoisotopic (exact) mass is 288 g/mol. The first-order chi connectivity index (χ1) is 10.2. The summed E-state index contributed by atoms with van der Waals surface area (Å²) in [6.45, 7) is 7.99. The van der Waals surface area contributed by atoms with Crippen LogP contribution in [0.3, 0.4) is 0 Å². The third-order valence-electron chi connectivity index (χ3n) is 4.57. The molecule has 0 saturated carbocycles.